The first-order valence-corrected chi connectivity index (χ1v) is 9.89. The molecule has 0 aliphatic carbocycles. The van der Waals surface area contributed by atoms with Crippen LogP contribution in [0.1, 0.15) is 29.7 Å². The minimum atomic E-state index is 0.600. The molecule has 0 saturated carbocycles. The first-order chi connectivity index (χ1) is 13.6. The molecule has 0 radical (unpaired) electrons. The number of hydrogen-bond acceptors (Lipinski definition) is 5. The summed E-state index contributed by atoms with van der Waals surface area (Å²) in [5, 5.41) is 6.75. The lowest BCUT2D eigenvalue weighted by Crippen LogP contribution is -2.17. The van der Waals surface area contributed by atoms with Gasteiger partial charge in [0.25, 0.3) is 0 Å². The minimum Gasteiger partial charge on any atom is -0.372 e. The predicted molar refractivity (Wildman–Crippen MR) is 117 cm³/mol. The number of nitrogens with zero attached hydrogens (tertiary/aromatic N) is 3. The molecule has 5 heteroatoms. The molecule has 28 heavy (non-hydrogen) atoms. The fraction of sp³-hybridized carbons (Fsp3) is 0.304. The van der Waals surface area contributed by atoms with E-state index in [4.69, 9.17) is 0 Å². The van der Waals surface area contributed by atoms with E-state index < -0.39 is 0 Å². The van der Waals surface area contributed by atoms with Crippen molar-refractivity contribution in [3.8, 4) is 0 Å². The van der Waals surface area contributed by atoms with E-state index in [0.717, 1.165) is 36.0 Å². The van der Waals surface area contributed by atoms with Gasteiger partial charge in [0.1, 0.15) is 5.82 Å². The molecule has 0 spiro atoms. The summed E-state index contributed by atoms with van der Waals surface area (Å²) >= 11 is 0. The Morgan fingerprint density at radius 1 is 0.821 bits per heavy atom. The van der Waals surface area contributed by atoms with Gasteiger partial charge in [-0.15, -0.1) is 0 Å². The average molecular weight is 374 g/mol. The highest BCUT2D eigenvalue weighted by atomic mass is 15.2. The highest BCUT2D eigenvalue weighted by Crippen LogP contribution is 2.25. The molecular weight excluding hydrogens is 346 g/mol. The minimum absolute atomic E-state index is 0.600. The van der Waals surface area contributed by atoms with Crippen LogP contribution < -0.4 is 15.5 Å². The summed E-state index contributed by atoms with van der Waals surface area (Å²) in [4.78, 5) is 11.6. The largest absolute Gasteiger partial charge is 0.372 e. The molecule has 2 N–H and O–H groups in total. The maximum absolute atomic E-state index is 4.64. The fourth-order valence-electron chi connectivity index (χ4n) is 3.64. The maximum atomic E-state index is 4.64. The first kappa shape index (κ1) is 18.3. The third-order valence-electron chi connectivity index (χ3n) is 5.09. The number of hydrogen-bond donors (Lipinski definition) is 2. The Balaban J connectivity index is 1.50. The molecule has 1 fully saturated rings. The fourth-order valence-corrected chi connectivity index (χ4v) is 3.64. The van der Waals surface area contributed by atoms with Gasteiger partial charge in [0, 0.05) is 41.9 Å². The molecule has 2 heterocycles. The summed E-state index contributed by atoms with van der Waals surface area (Å²) in [5.74, 6) is 1.39. The van der Waals surface area contributed by atoms with E-state index in [2.05, 4.69) is 81.8 Å². The number of anilines is 5. The van der Waals surface area contributed by atoms with Gasteiger partial charge in [-0.3, -0.25) is 0 Å². The van der Waals surface area contributed by atoms with Crippen LogP contribution in [0, 0.1) is 20.8 Å². The summed E-state index contributed by atoms with van der Waals surface area (Å²) < 4.78 is 0. The van der Waals surface area contributed by atoms with Gasteiger partial charge in [-0.2, -0.15) is 4.98 Å². The van der Waals surface area contributed by atoms with Crippen molar-refractivity contribution in [3.63, 3.8) is 0 Å². The van der Waals surface area contributed by atoms with Crippen molar-refractivity contribution in [2.45, 2.75) is 33.6 Å². The Bertz CT molecular complexity index is 959. The molecule has 5 nitrogen and oxygen atoms in total. The van der Waals surface area contributed by atoms with Crippen molar-refractivity contribution in [2.24, 2.45) is 0 Å². The third kappa shape index (κ3) is 4.25. The summed E-state index contributed by atoms with van der Waals surface area (Å²) in [6.07, 6.45) is 2.58. The van der Waals surface area contributed by atoms with Crippen molar-refractivity contribution in [1.29, 1.82) is 0 Å². The molecule has 0 unspecified atom stereocenters. The van der Waals surface area contributed by atoms with Crippen molar-refractivity contribution < 1.29 is 0 Å². The molecule has 1 saturated heterocycles. The van der Waals surface area contributed by atoms with Crippen LogP contribution in [0.25, 0.3) is 0 Å². The highest BCUT2D eigenvalue weighted by Gasteiger charge is 2.12. The van der Waals surface area contributed by atoms with E-state index in [9.17, 15) is 0 Å². The van der Waals surface area contributed by atoms with E-state index in [1.165, 1.54) is 29.7 Å². The Hall–Kier alpha value is -3.08. The Morgan fingerprint density at radius 3 is 2.29 bits per heavy atom. The molecular formula is C23H27N5. The van der Waals surface area contributed by atoms with E-state index in [-0.39, 0.29) is 0 Å². The standard InChI is InChI=1S/C23H27N5/c1-16-6-11-21(17(2)14-16)26-23-24-18(3)15-22(27-23)25-19-7-9-20(10-8-19)28-12-4-5-13-28/h6-11,14-15H,4-5,12-13H2,1-3H3,(H2,24,25,26,27). The van der Waals surface area contributed by atoms with Crippen LogP contribution in [0.3, 0.4) is 0 Å². The maximum Gasteiger partial charge on any atom is 0.229 e. The van der Waals surface area contributed by atoms with Crippen LogP contribution >= 0.6 is 0 Å². The molecule has 144 valence electrons. The lowest BCUT2D eigenvalue weighted by Gasteiger charge is -2.18. The number of rotatable bonds is 5. The molecule has 0 amide bonds. The lowest BCUT2D eigenvalue weighted by atomic mass is 10.1. The van der Waals surface area contributed by atoms with Crippen LogP contribution in [-0.4, -0.2) is 23.1 Å². The molecule has 1 aromatic heterocycles. The number of aryl methyl sites for hydroxylation is 3. The third-order valence-corrected chi connectivity index (χ3v) is 5.09. The van der Waals surface area contributed by atoms with E-state index >= 15 is 0 Å². The zero-order chi connectivity index (χ0) is 19.5. The first-order valence-electron chi connectivity index (χ1n) is 9.89. The van der Waals surface area contributed by atoms with Crippen molar-refractivity contribution >= 4 is 28.8 Å². The van der Waals surface area contributed by atoms with Crippen LogP contribution in [0.5, 0.6) is 0 Å². The van der Waals surface area contributed by atoms with Gasteiger partial charge < -0.3 is 15.5 Å². The second-order valence-corrected chi connectivity index (χ2v) is 7.53. The molecule has 3 aromatic rings. The number of nitrogens with one attached hydrogen (secondary N) is 2. The Kier molecular flexibility index (Phi) is 5.15. The summed E-state index contributed by atoms with van der Waals surface area (Å²) in [5.41, 5.74) is 6.68. The van der Waals surface area contributed by atoms with Gasteiger partial charge >= 0.3 is 0 Å². The zero-order valence-corrected chi connectivity index (χ0v) is 16.8. The van der Waals surface area contributed by atoms with Crippen LogP contribution in [0.2, 0.25) is 0 Å². The van der Waals surface area contributed by atoms with Gasteiger partial charge in [-0.25, -0.2) is 4.98 Å². The van der Waals surface area contributed by atoms with Crippen LogP contribution in [0.15, 0.2) is 48.5 Å². The molecule has 4 rings (SSSR count). The lowest BCUT2D eigenvalue weighted by molar-refractivity contribution is 0.949. The summed E-state index contributed by atoms with van der Waals surface area (Å²) in [7, 11) is 0. The molecule has 0 bridgehead atoms. The van der Waals surface area contributed by atoms with Gasteiger partial charge in [-0.1, -0.05) is 17.7 Å². The average Bonchev–Trinajstić information content (AvgIpc) is 3.19. The predicted octanol–water partition coefficient (Wildman–Crippen LogP) is 5.49. The number of benzene rings is 2. The summed E-state index contributed by atoms with van der Waals surface area (Å²) in [6.45, 7) is 8.48. The summed E-state index contributed by atoms with van der Waals surface area (Å²) in [6, 6.07) is 16.9. The van der Waals surface area contributed by atoms with Crippen LogP contribution in [-0.2, 0) is 0 Å². The Labute approximate surface area is 166 Å². The smallest absolute Gasteiger partial charge is 0.229 e. The van der Waals surface area contributed by atoms with Gasteiger partial charge in [0.2, 0.25) is 5.95 Å². The Morgan fingerprint density at radius 2 is 1.57 bits per heavy atom. The normalized spacial score (nSPS) is 13.6. The molecule has 2 aromatic carbocycles. The molecule has 1 aliphatic heterocycles. The topological polar surface area (TPSA) is 53.1 Å². The van der Waals surface area contributed by atoms with Crippen molar-refractivity contribution in [2.75, 3.05) is 28.6 Å². The van der Waals surface area contributed by atoms with E-state index in [1.807, 2.05) is 13.0 Å². The van der Waals surface area contributed by atoms with Gasteiger partial charge in [0.05, 0.1) is 0 Å². The van der Waals surface area contributed by atoms with E-state index in [1.54, 1.807) is 0 Å². The highest BCUT2D eigenvalue weighted by molar-refractivity contribution is 5.64. The molecule has 0 atom stereocenters. The SMILES string of the molecule is Cc1ccc(Nc2nc(C)cc(Nc3ccc(N4CCCC4)cc3)n2)c(C)c1. The second kappa shape index (κ2) is 7.89. The number of aromatic nitrogens is 2. The zero-order valence-electron chi connectivity index (χ0n) is 16.8. The van der Waals surface area contributed by atoms with Crippen molar-refractivity contribution in [1.82, 2.24) is 9.97 Å². The van der Waals surface area contributed by atoms with Gasteiger partial charge in [0.15, 0.2) is 0 Å². The van der Waals surface area contributed by atoms with Crippen LogP contribution in [0.4, 0.5) is 28.8 Å². The second-order valence-electron chi connectivity index (χ2n) is 7.53. The monoisotopic (exact) mass is 373 g/mol. The van der Waals surface area contributed by atoms with E-state index in [0.29, 0.717) is 5.95 Å². The molecule has 1 aliphatic rings. The van der Waals surface area contributed by atoms with Gasteiger partial charge in [-0.05, 0) is 69.5 Å². The van der Waals surface area contributed by atoms with Crippen molar-refractivity contribution in [3.05, 3.63) is 65.4 Å². The quantitative estimate of drug-likeness (QED) is 0.619.